The second kappa shape index (κ2) is 7.48. The van der Waals surface area contributed by atoms with Crippen LogP contribution in [0.3, 0.4) is 0 Å². The number of aliphatic hydroxyl groups is 1. The molecular formula is C18H24N6O. The number of rotatable bonds is 7. The summed E-state index contributed by atoms with van der Waals surface area (Å²) in [5, 5.41) is 15.4. The summed E-state index contributed by atoms with van der Waals surface area (Å²) >= 11 is 0. The number of hydrogen-bond donors (Lipinski definition) is 3. The lowest BCUT2D eigenvalue weighted by atomic mass is 10.2. The molecule has 0 amide bonds. The fourth-order valence-electron chi connectivity index (χ4n) is 2.67. The number of aryl methyl sites for hydroxylation is 1. The molecule has 0 radical (unpaired) electrons. The molecule has 3 aromatic rings. The van der Waals surface area contributed by atoms with Crippen LogP contribution in [0, 0.1) is 6.92 Å². The van der Waals surface area contributed by atoms with Crippen molar-refractivity contribution in [2.75, 3.05) is 23.8 Å². The van der Waals surface area contributed by atoms with E-state index in [0.717, 1.165) is 28.4 Å². The van der Waals surface area contributed by atoms with Crippen LogP contribution in [0.1, 0.15) is 31.9 Å². The summed E-state index contributed by atoms with van der Waals surface area (Å²) in [6.07, 6.45) is 2.39. The van der Waals surface area contributed by atoms with E-state index >= 15 is 0 Å². The summed E-state index contributed by atoms with van der Waals surface area (Å²) in [6.45, 7) is 7.04. The lowest BCUT2D eigenvalue weighted by molar-refractivity contribution is 0.292. The van der Waals surface area contributed by atoms with Gasteiger partial charge in [0.1, 0.15) is 5.52 Å². The van der Waals surface area contributed by atoms with E-state index in [4.69, 9.17) is 5.11 Å². The summed E-state index contributed by atoms with van der Waals surface area (Å²) in [5.74, 6) is 1.30. The third-order valence-electron chi connectivity index (χ3n) is 3.96. The molecule has 0 unspecified atom stereocenters. The largest absolute Gasteiger partial charge is 0.396 e. The van der Waals surface area contributed by atoms with Gasteiger partial charge in [0, 0.05) is 24.9 Å². The number of aromatic nitrogens is 4. The van der Waals surface area contributed by atoms with Crippen molar-refractivity contribution in [3.8, 4) is 0 Å². The number of imidazole rings is 1. The molecule has 3 N–H and O–H groups in total. The van der Waals surface area contributed by atoms with Crippen molar-refractivity contribution in [3.05, 3.63) is 36.0 Å². The van der Waals surface area contributed by atoms with Crippen LogP contribution in [0.25, 0.3) is 11.2 Å². The molecule has 0 aliphatic carbocycles. The molecule has 0 saturated carbocycles. The minimum atomic E-state index is 0.143. The SMILES string of the molecule is Cc1ccccc1Nc1nc2cnc(NCCCO)nc2n1C(C)C. The first kappa shape index (κ1) is 17.2. The maximum absolute atomic E-state index is 8.90. The van der Waals surface area contributed by atoms with E-state index in [1.807, 2.05) is 18.2 Å². The zero-order valence-electron chi connectivity index (χ0n) is 14.8. The number of fused-ring (bicyclic) bond motifs is 1. The minimum absolute atomic E-state index is 0.143. The molecule has 7 nitrogen and oxygen atoms in total. The molecule has 1 aromatic carbocycles. The third-order valence-corrected chi connectivity index (χ3v) is 3.96. The second-order valence-corrected chi connectivity index (χ2v) is 6.25. The smallest absolute Gasteiger partial charge is 0.224 e. The Hall–Kier alpha value is -2.67. The van der Waals surface area contributed by atoms with Crippen molar-refractivity contribution in [1.82, 2.24) is 19.5 Å². The highest BCUT2D eigenvalue weighted by atomic mass is 16.3. The number of nitrogens with one attached hydrogen (secondary N) is 2. The monoisotopic (exact) mass is 340 g/mol. The highest BCUT2D eigenvalue weighted by Gasteiger charge is 2.16. The maximum Gasteiger partial charge on any atom is 0.224 e. The standard InChI is InChI=1S/C18H24N6O/c1-12(2)24-16-15(11-20-17(23-16)19-9-6-10-25)22-18(24)21-14-8-5-4-7-13(14)3/h4-5,7-8,11-12,25H,6,9-10H2,1-3H3,(H,21,22)(H,19,20,23). The summed E-state index contributed by atoms with van der Waals surface area (Å²) in [7, 11) is 0. The second-order valence-electron chi connectivity index (χ2n) is 6.25. The highest BCUT2D eigenvalue weighted by molar-refractivity contribution is 5.76. The van der Waals surface area contributed by atoms with Crippen molar-refractivity contribution < 1.29 is 5.11 Å². The Kier molecular flexibility index (Phi) is 5.14. The van der Waals surface area contributed by atoms with Crippen LogP contribution in [0.2, 0.25) is 0 Å². The molecule has 2 heterocycles. The Bertz CT molecular complexity index is 858. The van der Waals surface area contributed by atoms with Crippen LogP contribution >= 0.6 is 0 Å². The van der Waals surface area contributed by atoms with Crippen LogP contribution in [0.5, 0.6) is 0 Å². The van der Waals surface area contributed by atoms with E-state index in [0.29, 0.717) is 18.9 Å². The molecule has 0 bridgehead atoms. The molecule has 3 rings (SSSR count). The predicted molar refractivity (Wildman–Crippen MR) is 100 cm³/mol. The zero-order valence-corrected chi connectivity index (χ0v) is 14.8. The Balaban J connectivity index is 1.98. The number of benzene rings is 1. The van der Waals surface area contributed by atoms with Crippen molar-refractivity contribution in [3.63, 3.8) is 0 Å². The van der Waals surface area contributed by atoms with Gasteiger partial charge in [0.05, 0.1) is 6.20 Å². The van der Waals surface area contributed by atoms with Crippen LogP contribution in [-0.2, 0) is 0 Å². The fraction of sp³-hybridized carbons (Fsp3) is 0.389. The molecule has 0 aliphatic rings. The highest BCUT2D eigenvalue weighted by Crippen LogP contribution is 2.27. The van der Waals surface area contributed by atoms with Crippen LogP contribution < -0.4 is 10.6 Å². The average Bonchev–Trinajstić information content (AvgIpc) is 2.94. The van der Waals surface area contributed by atoms with Gasteiger partial charge < -0.3 is 15.7 Å². The Morgan fingerprint density at radius 2 is 2.00 bits per heavy atom. The van der Waals surface area contributed by atoms with E-state index in [9.17, 15) is 0 Å². The quantitative estimate of drug-likeness (QED) is 0.572. The van der Waals surface area contributed by atoms with Crippen molar-refractivity contribution in [2.24, 2.45) is 0 Å². The summed E-state index contributed by atoms with van der Waals surface area (Å²) in [5.41, 5.74) is 3.71. The van der Waals surface area contributed by atoms with Gasteiger partial charge in [0.2, 0.25) is 11.9 Å². The van der Waals surface area contributed by atoms with Crippen LogP contribution in [0.15, 0.2) is 30.5 Å². The number of nitrogens with zero attached hydrogens (tertiary/aromatic N) is 4. The molecule has 0 saturated heterocycles. The van der Waals surface area contributed by atoms with E-state index < -0.39 is 0 Å². The molecule has 2 aromatic heterocycles. The third kappa shape index (κ3) is 3.71. The average molecular weight is 340 g/mol. The van der Waals surface area contributed by atoms with E-state index in [1.165, 1.54) is 0 Å². The minimum Gasteiger partial charge on any atom is -0.396 e. The zero-order chi connectivity index (χ0) is 17.8. The molecule has 7 heteroatoms. The molecular weight excluding hydrogens is 316 g/mol. The molecule has 132 valence electrons. The first-order chi connectivity index (χ1) is 12.1. The van der Waals surface area contributed by atoms with Crippen LogP contribution in [-0.4, -0.2) is 37.8 Å². The molecule has 0 fully saturated rings. The summed E-state index contributed by atoms with van der Waals surface area (Å²) < 4.78 is 2.07. The van der Waals surface area contributed by atoms with Gasteiger partial charge in [-0.1, -0.05) is 18.2 Å². The van der Waals surface area contributed by atoms with Gasteiger partial charge >= 0.3 is 0 Å². The lowest BCUT2D eigenvalue weighted by Crippen LogP contribution is -2.09. The molecule has 0 spiro atoms. The van der Waals surface area contributed by atoms with Crippen molar-refractivity contribution in [2.45, 2.75) is 33.2 Å². The first-order valence-electron chi connectivity index (χ1n) is 8.52. The van der Waals surface area contributed by atoms with Gasteiger partial charge in [-0.15, -0.1) is 0 Å². The number of anilines is 3. The van der Waals surface area contributed by atoms with Crippen LogP contribution in [0.4, 0.5) is 17.6 Å². The van der Waals surface area contributed by atoms with Gasteiger partial charge in [-0.25, -0.2) is 9.97 Å². The molecule has 0 aliphatic heterocycles. The molecule has 25 heavy (non-hydrogen) atoms. The van der Waals surface area contributed by atoms with Crippen molar-refractivity contribution >= 4 is 28.7 Å². The summed E-state index contributed by atoms with van der Waals surface area (Å²) in [4.78, 5) is 13.6. The van der Waals surface area contributed by atoms with Gasteiger partial charge in [0.15, 0.2) is 5.65 Å². The Morgan fingerprint density at radius 3 is 2.72 bits per heavy atom. The Labute approximate surface area is 147 Å². The predicted octanol–water partition coefficient (Wildman–Crippen LogP) is 3.25. The topological polar surface area (TPSA) is 87.9 Å². The van der Waals surface area contributed by atoms with E-state index in [1.54, 1.807) is 6.20 Å². The normalized spacial score (nSPS) is 11.2. The number of aliphatic hydroxyl groups excluding tert-OH is 1. The lowest BCUT2D eigenvalue weighted by Gasteiger charge is -2.14. The van der Waals surface area contributed by atoms with Gasteiger partial charge in [-0.2, -0.15) is 4.98 Å². The maximum atomic E-state index is 8.90. The van der Waals surface area contributed by atoms with Gasteiger partial charge in [-0.3, -0.25) is 4.57 Å². The summed E-state index contributed by atoms with van der Waals surface area (Å²) in [6, 6.07) is 8.31. The van der Waals surface area contributed by atoms with E-state index in [2.05, 4.69) is 57.0 Å². The Morgan fingerprint density at radius 1 is 1.20 bits per heavy atom. The van der Waals surface area contributed by atoms with E-state index in [-0.39, 0.29) is 12.6 Å². The first-order valence-corrected chi connectivity index (χ1v) is 8.52. The number of para-hydroxylation sites is 1. The van der Waals surface area contributed by atoms with Crippen molar-refractivity contribution in [1.29, 1.82) is 0 Å². The van der Waals surface area contributed by atoms with Gasteiger partial charge in [-0.05, 0) is 38.8 Å². The van der Waals surface area contributed by atoms with Gasteiger partial charge in [0.25, 0.3) is 0 Å². The number of hydrogen-bond acceptors (Lipinski definition) is 6. The fourth-order valence-corrected chi connectivity index (χ4v) is 2.67. The molecule has 0 atom stereocenters.